The minimum Gasteiger partial charge on any atom is -0.493 e. The lowest BCUT2D eigenvalue weighted by Crippen LogP contribution is -3.16. The Bertz CT molecular complexity index is 885. The number of nitrogens with one attached hydrogen (secondary N) is 1. The number of ether oxygens (including phenoxy) is 2. The number of rotatable bonds is 3. The van der Waals surface area contributed by atoms with E-state index >= 15 is 0 Å². The number of methoxy groups -OCH3 is 1. The van der Waals surface area contributed by atoms with Gasteiger partial charge >= 0.3 is 0 Å². The van der Waals surface area contributed by atoms with Gasteiger partial charge in [0.05, 0.1) is 55.7 Å². The zero-order valence-electron chi connectivity index (χ0n) is 16.8. The maximum absolute atomic E-state index is 6.77. The third kappa shape index (κ3) is 2.73. The quantitative estimate of drug-likeness (QED) is 0.864. The second-order valence-electron chi connectivity index (χ2n) is 8.33. The van der Waals surface area contributed by atoms with Crippen molar-refractivity contribution in [2.24, 2.45) is 5.10 Å². The Balaban J connectivity index is 1.57. The lowest BCUT2D eigenvalue weighted by atomic mass is 9.90. The molecule has 0 bridgehead atoms. The Labute approximate surface area is 170 Å². The van der Waals surface area contributed by atoms with E-state index in [2.05, 4.69) is 48.5 Å². The van der Waals surface area contributed by atoms with Crippen molar-refractivity contribution in [1.29, 1.82) is 0 Å². The molecule has 5 nitrogen and oxygen atoms in total. The summed E-state index contributed by atoms with van der Waals surface area (Å²) >= 11 is 1.77. The molecule has 6 heteroatoms. The average molecular weight is 399 g/mol. The van der Waals surface area contributed by atoms with Gasteiger partial charge in [-0.2, -0.15) is 5.10 Å². The van der Waals surface area contributed by atoms with Crippen LogP contribution in [0.4, 0.5) is 0 Å². The van der Waals surface area contributed by atoms with Gasteiger partial charge in [0.2, 0.25) is 5.72 Å². The first-order chi connectivity index (χ1) is 13.6. The van der Waals surface area contributed by atoms with E-state index in [1.807, 2.05) is 6.07 Å². The van der Waals surface area contributed by atoms with Crippen molar-refractivity contribution in [3.63, 3.8) is 0 Å². The number of fused-ring (bicyclic) bond motifs is 4. The van der Waals surface area contributed by atoms with Crippen LogP contribution in [0.2, 0.25) is 0 Å². The van der Waals surface area contributed by atoms with Crippen molar-refractivity contribution in [1.82, 2.24) is 5.01 Å². The largest absolute Gasteiger partial charge is 0.493 e. The Morgan fingerprint density at radius 2 is 2.07 bits per heavy atom. The zero-order chi connectivity index (χ0) is 19.3. The summed E-state index contributed by atoms with van der Waals surface area (Å²) in [7, 11) is 1.73. The van der Waals surface area contributed by atoms with Crippen LogP contribution in [0.1, 0.15) is 49.6 Å². The van der Waals surface area contributed by atoms with Crippen LogP contribution >= 0.6 is 11.3 Å². The van der Waals surface area contributed by atoms with Crippen LogP contribution in [0.15, 0.2) is 40.8 Å². The maximum atomic E-state index is 6.77. The van der Waals surface area contributed by atoms with Gasteiger partial charge in [-0.3, -0.25) is 0 Å². The van der Waals surface area contributed by atoms with Gasteiger partial charge < -0.3 is 14.4 Å². The average Bonchev–Trinajstić information content (AvgIpc) is 3.38. The van der Waals surface area contributed by atoms with E-state index in [-0.39, 0.29) is 11.8 Å². The SMILES string of the molecule is COc1cccc2c1OC1(CC[NH+](C(C)C)CC1)N1N=C(c3cccs3)C[C@H]21. The van der Waals surface area contributed by atoms with E-state index in [4.69, 9.17) is 14.6 Å². The van der Waals surface area contributed by atoms with E-state index in [1.54, 1.807) is 23.3 Å². The van der Waals surface area contributed by atoms with Crippen LogP contribution in [0.5, 0.6) is 11.5 Å². The fourth-order valence-corrected chi connectivity index (χ4v) is 5.61. The third-order valence-electron chi connectivity index (χ3n) is 6.50. The Morgan fingerprint density at radius 3 is 2.75 bits per heavy atom. The molecule has 148 valence electrons. The molecule has 0 unspecified atom stereocenters. The molecule has 1 aromatic carbocycles. The highest BCUT2D eigenvalue weighted by atomic mass is 32.1. The molecule has 0 aliphatic carbocycles. The summed E-state index contributed by atoms with van der Waals surface area (Å²) in [4.78, 5) is 2.91. The summed E-state index contributed by atoms with van der Waals surface area (Å²) in [5.74, 6) is 1.75. The fourth-order valence-electron chi connectivity index (χ4n) is 4.89. The van der Waals surface area contributed by atoms with Gasteiger partial charge in [-0.15, -0.1) is 11.3 Å². The molecule has 28 heavy (non-hydrogen) atoms. The number of quaternary nitrogens is 1. The molecule has 1 spiro atoms. The van der Waals surface area contributed by atoms with Crippen LogP contribution in [-0.2, 0) is 0 Å². The highest BCUT2D eigenvalue weighted by molar-refractivity contribution is 7.12. The molecule has 0 saturated carbocycles. The molecule has 0 radical (unpaired) electrons. The smallest absolute Gasteiger partial charge is 0.209 e. The Morgan fingerprint density at radius 1 is 1.25 bits per heavy atom. The van der Waals surface area contributed by atoms with Gasteiger partial charge in [0.25, 0.3) is 0 Å². The molecule has 5 rings (SSSR count). The number of hydrazone groups is 1. The van der Waals surface area contributed by atoms with Gasteiger partial charge in [0.15, 0.2) is 11.5 Å². The highest BCUT2D eigenvalue weighted by Crippen LogP contribution is 2.52. The van der Waals surface area contributed by atoms with Crippen LogP contribution in [0.25, 0.3) is 0 Å². The number of nitrogens with zero attached hydrogens (tertiary/aromatic N) is 2. The van der Waals surface area contributed by atoms with E-state index in [9.17, 15) is 0 Å². The molecule has 1 fully saturated rings. The summed E-state index contributed by atoms with van der Waals surface area (Å²) in [6.45, 7) is 6.82. The van der Waals surface area contributed by atoms with Crippen LogP contribution in [-0.4, -0.2) is 42.7 Å². The number of hydrogen-bond donors (Lipinski definition) is 1. The number of likely N-dealkylation sites (tertiary alicyclic amines) is 1. The number of benzene rings is 1. The number of piperidine rings is 1. The minimum atomic E-state index is -0.371. The van der Waals surface area contributed by atoms with Crippen molar-refractivity contribution < 1.29 is 14.4 Å². The predicted molar refractivity (Wildman–Crippen MR) is 111 cm³/mol. The first-order valence-corrected chi connectivity index (χ1v) is 11.1. The molecule has 3 aliphatic rings. The Hall–Kier alpha value is -2.05. The summed E-state index contributed by atoms with van der Waals surface area (Å²) < 4.78 is 12.4. The van der Waals surface area contributed by atoms with Crippen molar-refractivity contribution >= 4 is 17.0 Å². The molecular formula is C22H28N3O2S+. The summed E-state index contributed by atoms with van der Waals surface area (Å²) in [5, 5.41) is 9.56. The summed E-state index contributed by atoms with van der Waals surface area (Å²) in [6, 6.07) is 11.4. The first-order valence-electron chi connectivity index (χ1n) is 10.2. The second-order valence-corrected chi connectivity index (χ2v) is 9.28. The standard InChI is InChI=1S/C22H27N3O2S/c1-15(2)24-11-9-22(10-12-24)25-18(14-17(23-25)20-8-5-13-28-20)16-6-4-7-19(26-3)21(16)27-22/h4-8,13,15,18H,9-12,14H2,1-3H3/p+1/t18-/m1/s1. The fraction of sp³-hybridized carbons (Fsp3) is 0.500. The lowest BCUT2D eigenvalue weighted by molar-refractivity contribution is -0.929. The molecule has 1 saturated heterocycles. The molecule has 0 amide bonds. The van der Waals surface area contributed by atoms with Crippen LogP contribution < -0.4 is 14.4 Å². The highest BCUT2D eigenvalue weighted by Gasteiger charge is 2.53. The molecule has 2 aromatic rings. The van der Waals surface area contributed by atoms with Crippen molar-refractivity contribution in [3.05, 3.63) is 46.2 Å². The normalized spacial score (nSPS) is 28.7. The van der Waals surface area contributed by atoms with E-state index in [1.165, 1.54) is 16.2 Å². The molecule has 1 atom stereocenters. The lowest BCUT2D eigenvalue weighted by Gasteiger charge is -2.50. The number of hydrogen-bond acceptors (Lipinski definition) is 5. The monoisotopic (exact) mass is 398 g/mol. The van der Waals surface area contributed by atoms with E-state index in [0.29, 0.717) is 6.04 Å². The van der Waals surface area contributed by atoms with Gasteiger partial charge in [0, 0.05) is 12.0 Å². The summed E-state index contributed by atoms with van der Waals surface area (Å²) in [6.07, 6.45) is 2.89. The van der Waals surface area contributed by atoms with Gasteiger partial charge in [-0.05, 0) is 31.4 Å². The molecule has 3 aliphatic heterocycles. The van der Waals surface area contributed by atoms with Crippen molar-refractivity contribution in [3.8, 4) is 11.5 Å². The van der Waals surface area contributed by atoms with Gasteiger partial charge in [-0.25, -0.2) is 5.01 Å². The van der Waals surface area contributed by atoms with Crippen molar-refractivity contribution in [2.75, 3.05) is 20.2 Å². The van der Waals surface area contributed by atoms with Crippen LogP contribution in [0, 0.1) is 0 Å². The minimum absolute atomic E-state index is 0.219. The summed E-state index contributed by atoms with van der Waals surface area (Å²) in [5.41, 5.74) is 2.00. The molecule has 1 aromatic heterocycles. The molecule has 1 N–H and O–H groups in total. The first kappa shape index (κ1) is 18.0. The predicted octanol–water partition coefficient (Wildman–Crippen LogP) is 3.08. The maximum Gasteiger partial charge on any atom is 0.209 e. The number of para-hydroxylation sites is 1. The second kappa shape index (κ2) is 6.78. The topological polar surface area (TPSA) is 38.5 Å². The van der Waals surface area contributed by atoms with Crippen LogP contribution in [0.3, 0.4) is 0 Å². The molecular weight excluding hydrogens is 370 g/mol. The van der Waals surface area contributed by atoms with Gasteiger partial charge in [-0.1, -0.05) is 18.2 Å². The van der Waals surface area contributed by atoms with Gasteiger partial charge in [0.1, 0.15) is 0 Å². The third-order valence-corrected chi connectivity index (χ3v) is 7.42. The molecule has 4 heterocycles. The Kier molecular flexibility index (Phi) is 4.36. The zero-order valence-corrected chi connectivity index (χ0v) is 17.6. The van der Waals surface area contributed by atoms with E-state index in [0.717, 1.165) is 43.9 Å². The van der Waals surface area contributed by atoms with E-state index < -0.39 is 0 Å². The number of thiophene rings is 1. The van der Waals surface area contributed by atoms with Crippen molar-refractivity contribution in [2.45, 2.75) is 50.9 Å².